The second kappa shape index (κ2) is 22.2. The predicted octanol–water partition coefficient (Wildman–Crippen LogP) is -11.6. The maximum Gasteiger partial charge on any atom is 0.187 e. The maximum absolute atomic E-state index is 11.4. The van der Waals surface area contributed by atoms with Crippen LogP contribution in [0.2, 0.25) is 0 Å². The molecule has 0 amide bonds. The molecule has 0 radical (unpaired) electrons. The Morgan fingerprint density at radius 3 is 0.917 bits per heavy atom. The number of aliphatic hydroxyl groups excluding tert-OH is 16. The van der Waals surface area contributed by atoms with Crippen molar-refractivity contribution in [2.24, 2.45) is 5.73 Å². The summed E-state index contributed by atoms with van der Waals surface area (Å²) in [5.74, 6) is 0. The van der Waals surface area contributed by atoms with Gasteiger partial charge < -0.3 is 135 Å². The Labute approximate surface area is 341 Å². The second-order valence-corrected chi connectivity index (χ2v) is 14.9. The minimum absolute atomic E-state index is 0.0705. The van der Waals surface area contributed by atoms with Crippen LogP contribution in [-0.4, -0.2) is 281 Å². The van der Waals surface area contributed by atoms with Gasteiger partial charge in [0.1, 0.15) is 122 Å². The van der Waals surface area contributed by atoms with E-state index < -0.39 is 187 Å². The SMILES string of the molecule is NCCCO[C@H]1O[C@H](CO)[C@@H](O)[C@H](O)[C@@H]1O[C@H]1O[C@H](CO)[C@@H](O)[C@H](O)[C@@H]1O[C@H]1O[C@H](CO)[C@@H](O)[C@H](O)[C@@H]1O[C@@H]1O[C@H](CO)[C@@H](O)[C@H](O)[C@@H]1O[C@@H]1O[C@H](CO)[C@@H](O)[C@H](O)[C@@H]1O. The Balaban J connectivity index is 1.46. The molecule has 27 heteroatoms. The summed E-state index contributed by atoms with van der Waals surface area (Å²) in [6.45, 7) is -4.40. The van der Waals surface area contributed by atoms with Gasteiger partial charge in [-0.15, -0.1) is 0 Å². The summed E-state index contributed by atoms with van der Waals surface area (Å²) < 4.78 is 57.2. The van der Waals surface area contributed by atoms with Gasteiger partial charge in [0.2, 0.25) is 0 Å². The first-order chi connectivity index (χ1) is 28.6. The van der Waals surface area contributed by atoms with Crippen molar-refractivity contribution in [3.63, 3.8) is 0 Å². The fraction of sp³-hybridized carbons (Fsp3) is 1.00. The first-order valence-corrected chi connectivity index (χ1v) is 19.3. The molecule has 0 aromatic heterocycles. The fourth-order valence-electron chi connectivity index (χ4n) is 7.35. The molecule has 5 rings (SSSR count). The molecule has 5 saturated heterocycles. The molecule has 5 fully saturated rings. The van der Waals surface area contributed by atoms with Crippen molar-refractivity contribution in [1.29, 1.82) is 0 Å². The lowest BCUT2D eigenvalue weighted by atomic mass is 9.95. The van der Waals surface area contributed by atoms with Gasteiger partial charge in [-0.1, -0.05) is 0 Å². The van der Waals surface area contributed by atoms with Crippen molar-refractivity contribution in [1.82, 2.24) is 0 Å². The van der Waals surface area contributed by atoms with Crippen LogP contribution in [0.15, 0.2) is 0 Å². The third kappa shape index (κ3) is 10.5. The van der Waals surface area contributed by atoms with Gasteiger partial charge in [-0.2, -0.15) is 0 Å². The summed E-state index contributed by atoms with van der Waals surface area (Å²) in [5.41, 5.74) is 5.55. The zero-order valence-electron chi connectivity index (χ0n) is 31.9. The van der Waals surface area contributed by atoms with Crippen LogP contribution < -0.4 is 5.73 Å². The van der Waals surface area contributed by atoms with Crippen molar-refractivity contribution in [3.8, 4) is 0 Å². The lowest BCUT2D eigenvalue weighted by Crippen LogP contribution is -2.68. The summed E-state index contributed by atoms with van der Waals surface area (Å²) in [4.78, 5) is 0. The molecular weight excluding hydrogens is 826 g/mol. The van der Waals surface area contributed by atoms with E-state index in [-0.39, 0.29) is 19.6 Å². The zero-order chi connectivity index (χ0) is 44.2. The summed E-state index contributed by atoms with van der Waals surface area (Å²) in [5, 5.41) is 169. The molecule has 0 unspecified atom stereocenters. The van der Waals surface area contributed by atoms with Crippen LogP contribution in [-0.2, 0) is 47.4 Å². The van der Waals surface area contributed by atoms with Crippen molar-refractivity contribution < 1.29 is 129 Å². The van der Waals surface area contributed by atoms with Crippen LogP contribution >= 0.6 is 0 Å². The van der Waals surface area contributed by atoms with Crippen LogP contribution in [0.3, 0.4) is 0 Å². The quantitative estimate of drug-likeness (QED) is 0.0603. The molecule has 5 aliphatic rings. The molecule has 27 nitrogen and oxygen atoms in total. The van der Waals surface area contributed by atoms with Crippen LogP contribution in [0.4, 0.5) is 0 Å². The average molecular weight is 886 g/mol. The van der Waals surface area contributed by atoms with E-state index in [0.29, 0.717) is 0 Å². The molecular formula is C33H59NO26. The lowest BCUT2D eigenvalue weighted by molar-refractivity contribution is -0.413. The van der Waals surface area contributed by atoms with E-state index >= 15 is 0 Å². The first kappa shape index (κ1) is 49.9. The summed E-state index contributed by atoms with van der Waals surface area (Å²) >= 11 is 0. The monoisotopic (exact) mass is 885 g/mol. The van der Waals surface area contributed by atoms with Gasteiger partial charge in [0.05, 0.1) is 39.6 Å². The Bertz CT molecular complexity index is 1280. The molecule has 0 aliphatic carbocycles. The molecule has 0 aromatic rings. The van der Waals surface area contributed by atoms with Crippen molar-refractivity contribution in [2.75, 3.05) is 46.2 Å². The number of ether oxygens (including phenoxy) is 10. The van der Waals surface area contributed by atoms with E-state index in [4.69, 9.17) is 53.1 Å². The molecule has 0 saturated carbocycles. The van der Waals surface area contributed by atoms with Crippen molar-refractivity contribution in [3.05, 3.63) is 0 Å². The molecule has 25 atom stereocenters. The Hall–Kier alpha value is -1.08. The third-order valence-corrected chi connectivity index (χ3v) is 10.9. The number of hydrogen-bond acceptors (Lipinski definition) is 27. The minimum atomic E-state index is -2.15. The largest absolute Gasteiger partial charge is 0.394 e. The Kier molecular flexibility index (Phi) is 18.5. The van der Waals surface area contributed by atoms with Crippen molar-refractivity contribution in [2.45, 2.75) is 160 Å². The first-order valence-electron chi connectivity index (χ1n) is 19.3. The van der Waals surface area contributed by atoms with Gasteiger partial charge in [-0.3, -0.25) is 0 Å². The highest BCUT2D eigenvalue weighted by Gasteiger charge is 2.57. The normalized spacial score (nSPS) is 50.5. The van der Waals surface area contributed by atoms with Gasteiger partial charge in [0, 0.05) is 0 Å². The van der Waals surface area contributed by atoms with Gasteiger partial charge in [-0.05, 0) is 13.0 Å². The van der Waals surface area contributed by atoms with Crippen LogP contribution in [0, 0.1) is 0 Å². The van der Waals surface area contributed by atoms with Gasteiger partial charge in [0.15, 0.2) is 31.5 Å². The van der Waals surface area contributed by atoms with Crippen LogP contribution in [0.25, 0.3) is 0 Å². The molecule has 5 aliphatic heterocycles. The summed E-state index contributed by atoms with van der Waals surface area (Å²) in [6, 6.07) is 0. The molecule has 0 bridgehead atoms. The van der Waals surface area contributed by atoms with Gasteiger partial charge >= 0.3 is 0 Å². The second-order valence-electron chi connectivity index (χ2n) is 14.9. The van der Waals surface area contributed by atoms with Crippen LogP contribution in [0.5, 0.6) is 0 Å². The smallest absolute Gasteiger partial charge is 0.187 e. The number of aliphatic hydroxyl groups is 16. The van der Waals surface area contributed by atoms with Crippen LogP contribution in [0.1, 0.15) is 6.42 Å². The predicted molar refractivity (Wildman–Crippen MR) is 184 cm³/mol. The highest BCUT2D eigenvalue weighted by atomic mass is 16.8. The maximum atomic E-state index is 11.4. The third-order valence-electron chi connectivity index (χ3n) is 10.9. The number of hydrogen-bond donors (Lipinski definition) is 17. The minimum Gasteiger partial charge on any atom is -0.394 e. The van der Waals surface area contributed by atoms with E-state index in [2.05, 4.69) is 0 Å². The summed E-state index contributed by atoms with van der Waals surface area (Å²) in [7, 11) is 0. The van der Waals surface area contributed by atoms with E-state index in [1.807, 2.05) is 0 Å². The van der Waals surface area contributed by atoms with E-state index in [0.717, 1.165) is 0 Å². The number of rotatable bonds is 17. The number of nitrogens with two attached hydrogens (primary N) is 1. The standard InChI is InChI=1S/C33H59NO26/c34-2-1-3-51-30-25(20(46)15(41)10(5-36)53-30)58-32-27(22(48)17(43)12(7-38)55-32)60-33-28(23(49)18(44)13(8-39)56-33)59-31-26(21(47)16(42)11(6-37)54-31)57-29-24(50)19(45)14(40)9(4-35)52-29/h9-33,35-50H,1-8,34H2/t9-,10-,11-,12-,13-,14-,15-,16-,17-,18-,19+,20+,21+,22+,23+,24+,25+,26+,27+,28+,29+,30+,31+,32-,33-/m1/s1. The topological polar surface area (TPSA) is 442 Å². The average Bonchev–Trinajstić information content (AvgIpc) is 3.24. The highest BCUT2D eigenvalue weighted by molar-refractivity contribution is 4.99. The Morgan fingerprint density at radius 1 is 0.333 bits per heavy atom. The Morgan fingerprint density at radius 2 is 0.600 bits per heavy atom. The molecule has 0 aromatic carbocycles. The van der Waals surface area contributed by atoms with E-state index in [1.165, 1.54) is 0 Å². The molecule has 18 N–H and O–H groups in total. The van der Waals surface area contributed by atoms with Crippen molar-refractivity contribution >= 4 is 0 Å². The zero-order valence-corrected chi connectivity index (χ0v) is 31.9. The molecule has 0 spiro atoms. The van der Waals surface area contributed by atoms with E-state index in [9.17, 15) is 81.7 Å². The summed E-state index contributed by atoms with van der Waals surface area (Å²) in [6.07, 6.45) is -46.7. The highest BCUT2D eigenvalue weighted by Crippen LogP contribution is 2.36. The molecule has 352 valence electrons. The van der Waals surface area contributed by atoms with Gasteiger partial charge in [-0.25, -0.2) is 0 Å². The molecule has 60 heavy (non-hydrogen) atoms. The molecule has 5 heterocycles. The van der Waals surface area contributed by atoms with E-state index in [1.54, 1.807) is 0 Å². The fourth-order valence-corrected chi connectivity index (χ4v) is 7.35. The van der Waals surface area contributed by atoms with Gasteiger partial charge in [0.25, 0.3) is 0 Å². The lowest BCUT2D eigenvalue weighted by Gasteiger charge is -2.50.